The summed E-state index contributed by atoms with van der Waals surface area (Å²) >= 11 is 0. The van der Waals surface area contributed by atoms with Crippen LogP contribution in [0.3, 0.4) is 0 Å². The van der Waals surface area contributed by atoms with Gasteiger partial charge in [-0.2, -0.15) is 5.10 Å². The number of nitrogens with zero attached hydrogens (tertiary/aromatic N) is 2. The van der Waals surface area contributed by atoms with E-state index in [1.807, 2.05) is 0 Å². The van der Waals surface area contributed by atoms with Crippen molar-refractivity contribution in [2.24, 2.45) is 5.92 Å². The molecule has 1 fully saturated rings. The first-order chi connectivity index (χ1) is 11.9. The predicted octanol–water partition coefficient (Wildman–Crippen LogP) is 1.17. The summed E-state index contributed by atoms with van der Waals surface area (Å²) in [5, 5.41) is 18.6. The lowest BCUT2D eigenvalue weighted by Crippen LogP contribution is -2.44. The SMILES string of the molecule is CC(C)C(NC(=O)c1cnn(CC(=O)NC2CCCCC2)c1)C(=O)O. The summed E-state index contributed by atoms with van der Waals surface area (Å²) < 4.78 is 1.39. The molecule has 1 saturated carbocycles. The molecule has 1 aromatic heterocycles. The predicted molar refractivity (Wildman–Crippen MR) is 91.0 cm³/mol. The van der Waals surface area contributed by atoms with Gasteiger partial charge in [-0.05, 0) is 18.8 Å². The summed E-state index contributed by atoms with van der Waals surface area (Å²) in [5.41, 5.74) is 0.234. The van der Waals surface area contributed by atoms with Gasteiger partial charge in [0.25, 0.3) is 5.91 Å². The number of aromatic nitrogens is 2. The Morgan fingerprint density at radius 2 is 1.96 bits per heavy atom. The largest absolute Gasteiger partial charge is 0.480 e. The number of amides is 2. The lowest BCUT2D eigenvalue weighted by Gasteiger charge is -2.22. The fraction of sp³-hybridized carbons (Fsp3) is 0.647. The molecule has 8 heteroatoms. The van der Waals surface area contributed by atoms with E-state index in [1.54, 1.807) is 13.8 Å². The van der Waals surface area contributed by atoms with Gasteiger partial charge in [-0.25, -0.2) is 4.79 Å². The summed E-state index contributed by atoms with van der Waals surface area (Å²) in [5.74, 6) is -1.96. The van der Waals surface area contributed by atoms with E-state index in [9.17, 15) is 14.4 Å². The molecule has 1 unspecified atom stereocenters. The number of nitrogens with one attached hydrogen (secondary N) is 2. The van der Waals surface area contributed by atoms with E-state index in [1.165, 1.54) is 23.5 Å². The van der Waals surface area contributed by atoms with Gasteiger partial charge >= 0.3 is 5.97 Å². The van der Waals surface area contributed by atoms with Crippen LogP contribution in [0, 0.1) is 5.92 Å². The molecule has 1 aliphatic rings. The van der Waals surface area contributed by atoms with Crippen LogP contribution in [-0.2, 0) is 16.1 Å². The molecule has 0 bridgehead atoms. The standard InChI is InChI=1S/C17H26N4O4/c1-11(2)15(17(24)25)20-16(23)12-8-18-21(9-12)10-14(22)19-13-6-4-3-5-7-13/h8-9,11,13,15H,3-7,10H2,1-2H3,(H,19,22)(H,20,23)(H,24,25). The number of hydrogen-bond acceptors (Lipinski definition) is 4. The lowest BCUT2D eigenvalue weighted by molar-refractivity contribution is -0.140. The van der Waals surface area contributed by atoms with Crippen LogP contribution in [0.1, 0.15) is 56.3 Å². The first-order valence-corrected chi connectivity index (χ1v) is 8.72. The maximum Gasteiger partial charge on any atom is 0.326 e. The van der Waals surface area contributed by atoms with Gasteiger partial charge in [-0.15, -0.1) is 0 Å². The molecular weight excluding hydrogens is 324 g/mol. The van der Waals surface area contributed by atoms with E-state index in [0.717, 1.165) is 25.7 Å². The van der Waals surface area contributed by atoms with Gasteiger partial charge in [-0.3, -0.25) is 14.3 Å². The van der Waals surface area contributed by atoms with Crippen molar-refractivity contribution in [1.29, 1.82) is 0 Å². The van der Waals surface area contributed by atoms with Gasteiger partial charge in [-0.1, -0.05) is 33.1 Å². The van der Waals surface area contributed by atoms with Crippen molar-refractivity contribution in [3.05, 3.63) is 18.0 Å². The number of carbonyl (C=O) groups excluding carboxylic acids is 2. The van der Waals surface area contributed by atoms with E-state index in [4.69, 9.17) is 5.11 Å². The normalized spacial score (nSPS) is 16.4. The van der Waals surface area contributed by atoms with E-state index in [-0.39, 0.29) is 30.0 Å². The molecule has 8 nitrogen and oxygen atoms in total. The van der Waals surface area contributed by atoms with E-state index >= 15 is 0 Å². The topological polar surface area (TPSA) is 113 Å². The van der Waals surface area contributed by atoms with E-state index in [0.29, 0.717) is 0 Å². The lowest BCUT2D eigenvalue weighted by atomic mass is 9.95. The van der Waals surface area contributed by atoms with Crippen molar-refractivity contribution in [3.8, 4) is 0 Å². The molecule has 0 saturated heterocycles. The fourth-order valence-electron chi connectivity index (χ4n) is 2.97. The molecule has 0 aliphatic heterocycles. The number of aliphatic carboxylic acids is 1. The monoisotopic (exact) mass is 350 g/mol. The maximum atomic E-state index is 12.2. The molecule has 0 aromatic carbocycles. The van der Waals surface area contributed by atoms with Crippen molar-refractivity contribution >= 4 is 17.8 Å². The molecular formula is C17H26N4O4. The van der Waals surface area contributed by atoms with Gasteiger partial charge in [0, 0.05) is 12.2 Å². The summed E-state index contributed by atoms with van der Waals surface area (Å²) in [6.07, 6.45) is 8.29. The zero-order chi connectivity index (χ0) is 18.4. The first-order valence-electron chi connectivity index (χ1n) is 8.72. The highest BCUT2D eigenvalue weighted by Gasteiger charge is 2.24. The molecule has 138 valence electrons. The number of carboxylic acids is 1. The van der Waals surface area contributed by atoms with Crippen LogP contribution in [0.15, 0.2) is 12.4 Å². The van der Waals surface area contributed by atoms with Crippen molar-refractivity contribution in [3.63, 3.8) is 0 Å². The fourth-order valence-corrected chi connectivity index (χ4v) is 2.97. The number of carboxylic acid groups (broad SMARTS) is 1. The second-order valence-corrected chi connectivity index (χ2v) is 6.86. The van der Waals surface area contributed by atoms with Crippen LogP contribution in [0.4, 0.5) is 0 Å². The summed E-state index contributed by atoms with van der Waals surface area (Å²) in [7, 11) is 0. The number of rotatable bonds is 7. The molecule has 1 heterocycles. The zero-order valence-electron chi connectivity index (χ0n) is 14.7. The highest BCUT2D eigenvalue weighted by molar-refractivity contribution is 5.96. The van der Waals surface area contributed by atoms with Crippen LogP contribution < -0.4 is 10.6 Å². The molecule has 1 aliphatic carbocycles. The Morgan fingerprint density at radius 3 is 2.56 bits per heavy atom. The van der Waals surface area contributed by atoms with Crippen molar-refractivity contribution in [2.45, 2.75) is 64.6 Å². The molecule has 2 amide bonds. The molecule has 1 aromatic rings. The molecule has 3 N–H and O–H groups in total. The van der Waals surface area contributed by atoms with Gasteiger partial charge in [0.2, 0.25) is 5.91 Å². The Balaban J connectivity index is 1.89. The highest BCUT2D eigenvalue weighted by atomic mass is 16.4. The molecule has 2 rings (SSSR count). The van der Waals surface area contributed by atoms with Crippen LogP contribution >= 0.6 is 0 Å². The Bertz CT molecular complexity index is 620. The minimum Gasteiger partial charge on any atom is -0.480 e. The Hall–Kier alpha value is -2.38. The maximum absolute atomic E-state index is 12.2. The molecule has 25 heavy (non-hydrogen) atoms. The molecule has 0 spiro atoms. The van der Waals surface area contributed by atoms with Crippen LogP contribution in [-0.4, -0.2) is 44.8 Å². The van der Waals surface area contributed by atoms with Gasteiger partial charge in [0.15, 0.2) is 0 Å². The van der Waals surface area contributed by atoms with Crippen LogP contribution in [0.25, 0.3) is 0 Å². The third-order valence-electron chi connectivity index (χ3n) is 4.39. The Kier molecular flexibility index (Phi) is 6.55. The third-order valence-corrected chi connectivity index (χ3v) is 4.39. The van der Waals surface area contributed by atoms with Crippen LogP contribution in [0.5, 0.6) is 0 Å². The minimum absolute atomic E-state index is 0.0380. The summed E-state index contributed by atoms with van der Waals surface area (Å²) in [6.45, 7) is 3.48. The van der Waals surface area contributed by atoms with Gasteiger partial charge < -0.3 is 15.7 Å². The quantitative estimate of drug-likeness (QED) is 0.683. The van der Waals surface area contributed by atoms with Crippen molar-refractivity contribution < 1.29 is 19.5 Å². The smallest absolute Gasteiger partial charge is 0.326 e. The van der Waals surface area contributed by atoms with Crippen molar-refractivity contribution in [1.82, 2.24) is 20.4 Å². The molecule has 1 atom stereocenters. The minimum atomic E-state index is -1.08. The number of hydrogen-bond donors (Lipinski definition) is 3. The molecule has 0 radical (unpaired) electrons. The second kappa shape index (κ2) is 8.64. The Morgan fingerprint density at radius 1 is 1.28 bits per heavy atom. The average Bonchev–Trinajstić information content (AvgIpc) is 3.01. The van der Waals surface area contributed by atoms with Gasteiger partial charge in [0.05, 0.1) is 11.8 Å². The van der Waals surface area contributed by atoms with Gasteiger partial charge in [0.1, 0.15) is 12.6 Å². The summed E-state index contributed by atoms with van der Waals surface area (Å²) in [4.78, 5) is 35.4. The van der Waals surface area contributed by atoms with Crippen LogP contribution in [0.2, 0.25) is 0 Å². The van der Waals surface area contributed by atoms with E-state index in [2.05, 4.69) is 15.7 Å². The van der Waals surface area contributed by atoms with Crippen molar-refractivity contribution in [2.75, 3.05) is 0 Å². The third kappa shape index (κ3) is 5.58. The zero-order valence-corrected chi connectivity index (χ0v) is 14.7. The van der Waals surface area contributed by atoms with E-state index < -0.39 is 17.9 Å². The first kappa shape index (κ1) is 19.0. The second-order valence-electron chi connectivity index (χ2n) is 6.86. The Labute approximate surface area is 147 Å². The highest BCUT2D eigenvalue weighted by Crippen LogP contribution is 2.17. The number of carbonyl (C=O) groups is 3. The average molecular weight is 350 g/mol. The summed E-state index contributed by atoms with van der Waals surface area (Å²) in [6, 6.07) is -0.743.